The van der Waals surface area contributed by atoms with Crippen molar-refractivity contribution in [3.8, 4) is 5.69 Å². The van der Waals surface area contributed by atoms with E-state index in [9.17, 15) is 14.4 Å². The lowest BCUT2D eigenvalue weighted by Crippen LogP contribution is -2.47. The second kappa shape index (κ2) is 8.46. The fraction of sp³-hybridized carbons (Fsp3) is 0.200. The van der Waals surface area contributed by atoms with Crippen LogP contribution in [-0.4, -0.2) is 60.9 Å². The molecule has 152 valence electrons. The van der Waals surface area contributed by atoms with Crippen LogP contribution in [0.2, 0.25) is 0 Å². The molecule has 9 nitrogen and oxygen atoms in total. The van der Waals surface area contributed by atoms with Gasteiger partial charge in [-0.15, -0.1) is 5.10 Å². The molecule has 0 radical (unpaired) electrons. The quantitative estimate of drug-likeness (QED) is 0.580. The van der Waals surface area contributed by atoms with Crippen molar-refractivity contribution in [1.82, 2.24) is 25.1 Å². The average Bonchev–Trinajstić information content (AvgIpc) is 3.38. The Bertz CT molecular complexity index is 1050. The zero-order valence-corrected chi connectivity index (χ0v) is 16.9. The van der Waals surface area contributed by atoms with Crippen molar-refractivity contribution in [2.45, 2.75) is 12.5 Å². The summed E-state index contributed by atoms with van der Waals surface area (Å²) in [6, 6.07) is 12.7. The summed E-state index contributed by atoms with van der Waals surface area (Å²) in [5.41, 5.74) is 1.94. The summed E-state index contributed by atoms with van der Waals surface area (Å²) in [6.45, 7) is 0. The van der Waals surface area contributed by atoms with Crippen LogP contribution in [0.25, 0.3) is 5.69 Å². The van der Waals surface area contributed by atoms with Gasteiger partial charge in [-0.2, -0.15) is 11.8 Å². The lowest BCUT2D eigenvalue weighted by molar-refractivity contribution is -0.120. The molecule has 1 N–H and O–H groups in total. The Morgan fingerprint density at radius 2 is 1.73 bits per heavy atom. The number of benzene rings is 2. The highest BCUT2D eigenvalue weighted by atomic mass is 32.2. The Morgan fingerprint density at radius 1 is 1.07 bits per heavy atom. The summed E-state index contributed by atoms with van der Waals surface area (Å²) in [5, 5.41) is 13.8. The molecule has 1 aromatic heterocycles. The van der Waals surface area contributed by atoms with E-state index in [1.54, 1.807) is 60.3 Å². The van der Waals surface area contributed by atoms with Gasteiger partial charge in [0, 0.05) is 5.69 Å². The van der Waals surface area contributed by atoms with Crippen molar-refractivity contribution in [1.29, 1.82) is 0 Å². The number of imide groups is 1. The number of anilines is 1. The van der Waals surface area contributed by atoms with Crippen molar-refractivity contribution >= 4 is 35.2 Å². The van der Waals surface area contributed by atoms with Gasteiger partial charge in [0.1, 0.15) is 12.4 Å². The van der Waals surface area contributed by atoms with Gasteiger partial charge in [-0.05, 0) is 65.3 Å². The van der Waals surface area contributed by atoms with Crippen molar-refractivity contribution in [2.24, 2.45) is 0 Å². The number of hydrogen-bond donors (Lipinski definition) is 1. The molecule has 2 aromatic carbocycles. The molecule has 0 saturated heterocycles. The number of carbonyl (C=O) groups is 3. The Labute approximate surface area is 176 Å². The van der Waals surface area contributed by atoms with Gasteiger partial charge in [0.2, 0.25) is 5.91 Å². The molecule has 0 fully saturated rings. The predicted octanol–water partition coefficient (Wildman–Crippen LogP) is 2.02. The summed E-state index contributed by atoms with van der Waals surface area (Å²) < 4.78 is 1.49. The Kier molecular flexibility index (Phi) is 5.57. The highest BCUT2D eigenvalue weighted by molar-refractivity contribution is 7.98. The monoisotopic (exact) mass is 422 g/mol. The summed E-state index contributed by atoms with van der Waals surface area (Å²) >= 11 is 1.55. The smallest absolute Gasteiger partial charge is 0.262 e. The molecule has 10 heteroatoms. The van der Waals surface area contributed by atoms with Gasteiger partial charge in [0.05, 0.1) is 16.8 Å². The molecule has 0 bridgehead atoms. The number of nitrogens with one attached hydrogen (secondary N) is 1. The summed E-state index contributed by atoms with van der Waals surface area (Å²) in [5.74, 6) is -0.658. The van der Waals surface area contributed by atoms with E-state index in [-0.39, 0.29) is 0 Å². The second-order valence-corrected chi connectivity index (χ2v) is 7.60. The van der Waals surface area contributed by atoms with Crippen molar-refractivity contribution in [3.05, 3.63) is 66.0 Å². The van der Waals surface area contributed by atoms with Crippen LogP contribution >= 0.6 is 11.8 Å². The highest BCUT2D eigenvalue weighted by Crippen LogP contribution is 2.27. The van der Waals surface area contributed by atoms with Gasteiger partial charge < -0.3 is 5.32 Å². The molecule has 0 aliphatic carbocycles. The molecule has 2 heterocycles. The third kappa shape index (κ3) is 3.69. The summed E-state index contributed by atoms with van der Waals surface area (Å²) in [6.07, 6.45) is 3.74. The number of fused-ring (bicyclic) bond motifs is 1. The lowest BCUT2D eigenvalue weighted by atomic mass is 10.1. The topological polar surface area (TPSA) is 110 Å². The summed E-state index contributed by atoms with van der Waals surface area (Å²) in [7, 11) is 0. The van der Waals surface area contributed by atoms with E-state index in [0.717, 1.165) is 10.6 Å². The lowest BCUT2D eigenvalue weighted by Gasteiger charge is -2.25. The van der Waals surface area contributed by atoms with Gasteiger partial charge >= 0.3 is 0 Å². The first-order valence-corrected chi connectivity index (χ1v) is 10.6. The van der Waals surface area contributed by atoms with Gasteiger partial charge in [-0.1, -0.05) is 12.1 Å². The minimum Gasteiger partial charge on any atom is -0.324 e. The molecular formula is C20H18N6O3S. The third-order valence-corrected chi connectivity index (χ3v) is 5.43. The molecule has 1 aliphatic heterocycles. The van der Waals surface area contributed by atoms with E-state index < -0.39 is 23.8 Å². The number of aromatic nitrogens is 4. The fourth-order valence-electron chi connectivity index (χ4n) is 3.30. The molecule has 3 aromatic rings. The molecule has 0 saturated carbocycles. The molecule has 1 atom stereocenters. The molecule has 4 rings (SSSR count). The minimum absolute atomic E-state index is 0.329. The average molecular weight is 422 g/mol. The first-order valence-electron chi connectivity index (χ1n) is 9.20. The molecular weight excluding hydrogens is 404 g/mol. The maximum atomic E-state index is 13.1. The maximum absolute atomic E-state index is 13.1. The first-order chi connectivity index (χ1) is 14.6. The molecule has 1 aliphatic rings. The fourth-order valence-corrected chi connectivity index (χ4v) is 3.76. The Hall–Kier alpha value is -3.53. The Morgan fingerprint density at radius 3 is 2.30 bits per heavy atom. The molecule has 3 amide bonds. The number of rotatable bonds is 7. The summed E-state index contributed by atoms with van der Waals surface area (Å²) in [4.78, 5) is 39.8. The van der Waals surface area contributed by atoms with E-state index >= 15 is 0 Å². The van der Waals surface area contributed by atoms with Crippen LogP contribution in [0.3, 0.4) is 0 Å². The van der Waals surface area contributed by atoms with Crippen LogP contribution in [0.1, 0.15) is 27.1 Å². The van der Waals surface area contributed by atoms with Gasteiger partial charge in [-0.3, -0.25) is 19.3 Å². The molecule has 30 heavy (non-hydrogen) atoms. The largest absolute Gasteiger partial charge is 0.324 e. The number of thioether (sulfide) groups is 1. The normalized spacial score (nSPS) is 14.0. The SMILES string of the molecule is CSCC[C@@H](C(=O)Nc1ccc(-n2cnnn2)cc1)N1C(=O)c2ccccc2C1=O. The molecule has 0 spiro atoms. The van der Waals surface area contributed by atoms with Crippen LogP contribution in [0, 0.1) is 0 Å². The van der Waals surface area contributed by atoms with Gasteiger partial charge in [0.15, 0.2) is 0 Å². The van der Waals surface area contributed by atoms with Gasteiger partial charge in [-0.25, -0.2) is 4.68 Å². The van der Waals surface area contributed by atoms with E-state index in [2.05, 4.69) is 20.8 Å². The second-order valence-electron chi connectivity index (χ2n) is 6.61. The van der Waals surface area contributed by atoms with Gasteiger partial charge in [0.25, 0.3) is 11.8 Å². The van der Waals surface area contributed by atoms with Crippen LogP contribution in [0.5, 0.6) is 0 Å². The van der Waals surface area contributed by atoms with Crippen LogP contribution in [0.15, 0.2) is 54.9 Å². The Balaban J connectivity index is 1.55. The minimum atomic E-state index is -0.899. The first kappa shape index (κ1) is 19.8. The maximum Gasteiger partial charge on any atom is 0.262 e. The zero-order valence-electron chi connectivity index (χ0n) is 16.1. The van der Waals surface area contributed by atoms with Crippen LogP contribution in [0.4, 0.5) is 5.69 Å². The third-order valence-electron chi connectivity index (χ3n) is 4.78. The number of amides is 3. The van der Waals surface area contributed by atoms with Crippen molar-refractivity contribution in [3.63, 3.8) is 0 Å². The number of nitrogens with zero attached hydrogens (tertiary/aromatic N) is 5. The zero-order chi connectivity index (χ0) is 21.1. The highest BCUT2D eigenvalue weighted by Gasteiger charge is 2.42. The number of hydrogen-bond acceptors (Lipinski definition) is 7. The van der Waals surface area contributed by atoms with Crippen molar-refractivity contribution < 1.29 is 14.4 Å². The molecule has 0 unspecified atom stereocenters. The van der Waals surface area contributed by atoms with E-state index in [0.29, 0.717) is 29.0 Å². The van der Waals surface area contributed by atoms with Crippen molar-refractivity contribution in [2.75, 3.05) is 17.3 Å². The number of tetrazole rings is 1. The predicted molar refractivity (Wildman–Crippen MR) is 112 cm³/mol. The van der Waals surface area contributed by atoms with Crippen LogP contribution < -0.4 is 5.32 Å². The van der Waals surface area contributed by atoms with Crippen LogP contribution in [-0.2, 0) is 4.79 Å². The van der Waals surface area contributed by atoms with E-state index in [1.165, 1.54) is 11.0 Å². The number of carbonyl (C=O) groups excluding carboxylic acids is 3. The standard InChI is InChI=1S/C20H18N6O3S/c1-30-11-10-17(26-19(28)15-4-2-3-5-16(15)20(26)29)18(27)22-13-6-8-14(9-7-13)25-12-21-23-24-25/h2-9,12,17H,10-11H2,1H3,(H,22,27)/t17-/m0/s1. The van der Waals surface area contributed by atoms with E-state index in [1.807, 2.05) is 6.26 Å². The van der Waals surface area contributed by atoms with E-state index in [4.69, 9.17) is 0 Å².